The van der Waals surface area contributed by atoms with Crippen LogP contribution in [0.15, 0.2) is 70.6 Å². The average Bonchev–Trinajstić information content (AvgIpc) is 2.74. The Balaban J connectivity index is 0.000000360. The fourth-order valence-electron chi connectivity index (χ4n) is 2.93. The van der Waals surface area contributed by atoms with Crippen molar-refractivity contribution >= 4 is 45.1 Å². The third-order valence-electron chi connectivity index (χ3n) is 4.71. The number of nitrogens with zero attached hydrogens (tertiary/aromatic N) is 4. The number of aliphatic imine (C=N–C) groups is 2. The van der Waals surface area contributed by atoms with Crippen molar-refractivity contribution in [2.24, 2.45) is 9.98 Å². The number of hydrogen-bond donors (Lipinski definition) is 0. The number of benzene rings is 2. The van der Waals surface area contributed by atoms with Gasteiger partial charge in [-0.3, -0.25) is 0 Å². The van der Waals surface area contributed by atoms with Gasteiger partial charge in [-0.1, -0.05) is 0 Å². The Bertz CT molecular complexity index is 904. The molecule has 0 N–H and O–H groups in total. The van der Waals surface area contributed by atoms with Crippen molar-refractivity contribution in [1.82, 2.24) is 7.71 Å². The summed E-state index contributed by atoms with van der Waals surface area (Å²) in [7, 11) is 0. The number of rotatable bonds is 2. The van der Waals surface area contributed by atoms with Crippen LogP contribution < -0.4 is 0 Å². The van der Waals surface area contributed by atoms with Crippen LogP contribution in [0.5, 0.6) is 0 Å². The van der Waals surface area contributed by atoms with Gasteiger partial charge in [0.05, 0.1) is 0 Å². The standard InChI is InChI=1S/2C15H23GeN2/c2*1-14(2,3)17-13(18(16)15(4,5)6)12-10-8-7-9-11-12/h2*7-11H,1-6H3. The second-order valence-corrected chi connectivity index (χ2v) is 14.8. The fourth-order valence-corrected chi connectivity index (χ4v) is 3.68. The van der Waals surface area contributed by atoms with E-state index >= 15 is 0 Å². The molecular formula is C30H46Ge2N4. The summed E-state index contributed by atoms with van der Waals surface area (Å²) in [5, 5.41) is 0. The molecule has 0 bridgehead atoms. The second-order valence-electron chi connectivity index (χ2n) is 13.0. The first-order valence-corrected chi connectivity index (χ1v) is 14.4. The summed E-state index contributed by atoms with van der Waals surface area (Å²) in [5.74, 6) is 2.10. The van der Waals surface area contributed by atoms with E-state index in [0.717, 1.165) is 11.7 Å². The molecule has 4 nitrogen and oxygen atoms in total. The molecule has 2 rings (SSSR count). The van der Waals surface area contributed by atoms with Crippen molar-refractivity contribution in [2.45, 2.75) is 105 Å². The quantitative estimate of drug-likeness (QED) is 0.213. The van der Waals surface area contributed by atoms with Crippen LogP contribution >= 0.6 is 0 Å². The first-order valence-electron chi connectivity index (χ1n) is 12.6. The molecule has 0 atom stereocenters. The topological polar surface area (TPSA) is 31.2 Å². The predicted octanol–water partition coefficient (Wildman–Crippen LogP) is 6.83. The van der Waals surface area contributed by atoms with Gasteiger partial charge < -0.3 is 0 Å². The molecule has 0 saturated heterocycles. The Kier molecular flexibility index (Phi) is 11.6. The van der Waals surface area contributed by atoms with Gasteiger partial charge in [0.25, 0.3) is 0 Å². The van der Waals surface area contributed by atoms with Gasteiger partial charge >= 0.3 is 240 Å². The van der Waals surface area contributed by atoms with Crippen LogP contribution in [0.2, 0.25) is 0 Å². The number of amidine groups is 2. The minimum atomic E-state index is -0.0787. The Labute approximate surface area is 239 Å². The van der Waals surface area contributed by atoms with Gasteiger partial charge in [-0.15, -0.1) is 0 Å². The number of hydrogen-bond acceptors (Lipinski definition) is 2. The van der Waals surface area contributed by atoms with Crippen LogP contribution in [0.3, 0.4) is 0 Å². The van der Waals surface area contributed by atoms with E-state index in [1.165, 1.54) is 11.1 Å². The molecular weight excluding hydrogens is 562 g/mol. The maximum atomic E-state index is 4.89. The summed E-state index contributed by atoms with van der Waals surface area (Å²) in [6, 6.07) is 20.8. The van der Waals surface area contributed by atoms with Gasteiger partial charge in [-0.2, -0.15) is 0 Å². The van der Waals surface area contributed by atoms with Gasteiger partial charge in [-0.05, 0) is 0 Å². The van der Waals surface area contributed by atoms with E-state index in [4.69, 9.17) is 9.98 Å². The normalized spacial score (nSPS) is 13.6. The van der Waals surface area contributed by atoms with E-state index in [1.807, 2.05) is 12.1 Å². The summed E-state index contributed by atoms with van der Waals surface area (Å²) >= 11 is 4.22. The van der Waals surface area contributed by atoms with Crippen LogP contribution in [0, 0.1) is 0 Å². The summed E-state index contributed by atoms with van der Waals surface area (Å²) in [5.41, 5.74) is 2.30. The van der Waals surface area contributed by atoms with Crippen LogP contribution in [0.25, 0.3) is 0 Å². The molecule has 2 aromatic rings. The second kappa shape index (κ2) is 12.8. The Hall–Kier alpha value is -1.53. The van der Waals surface area contributed by atoms with E-state index in [1.54, 1.807) is 0 Å². The van der Waals surface area contributed by atoms with E-state index in [9.17, 15) is 0 Å². The van der Waals surface area contributed by atoms with Gasteiger partial charge in [0.1, 0.15) is 0 Å². The molecule has 0 amide bonds. The molecule has 6 radical (unpaired) electrons. The van der Waals surface area contributed by atoms with Crippen molar-refractivity contribution in [3.8, 4) is 0 Å². The molecule has 36 heavy (non-hydrogen) atoms. The molecule has 194 valence electrons. The molecule has 0 heterocycles. The third-order valence-corrected chi connectivity index (χ3v) is 8.42. The average molecular weight is 608 g/mol. The van der Waals surface area contributed by atoms with E-state index in [-0.39, 0.29) is 22.2 Å². The van der Waals surface area contributed by atoms with E-state index < -0.39 is 0 Å². The predicted molar refractivity (Wildman–Crippen MR) is 160 cm³/mol. The Morgan fingerprint density at radius 2 is 0.750 bits per heavy atom. The van der Waals surface area contributed by atoms with Crippen LogP contribution in [0.4, 0.5) is 0 Å². The maximum absolute atomic E-state index is 4.89. The zero-order valence-electron chi connectivity index (χ0n) is 24.6. The third kappa shape index (κ3) is 11.7. The van der Waals surface area contributed by atoms with Crippen LogP contribution in [-0.4, -0.2) is 75.0 Å². The van der Waals surface area contributed by atoms with Crippen LogP contribution in [0.1, 0.15) is 94.2 Å². The molecule has 6 heteroatoms. The summed E-state index contributed by atoms with van der Waals surface area (Å²) in [4.78, 5) is 9.78. The van der Waals surface area contributed by atoms with Gasteiger partial charge in [0.15, 0.2) is 0 Å². The zero-order valence-corrected chi connectivity index (χ0v) is 28.8. The molecule has 0 unspecified atom stereocenters. The molecule has 0 aliphatic rings. The zero-order chi connectivity index (χ0) is 27.9. The molecule has 2 aromatic carbocycles. The monoisotopic (exact) mass is 610 g/mol. The van der Waals surface area contributed by atoms with Crippen molar-refractivity contribution in [1.29, 1.82) is 0 Å². The Morgan fingerprint density at radius 3 is 0.944 bits per heavy atom. The van der Waals surface area contributed by atoms with Crippen molar-refractivity contribution < 1.29 is 0 Å². The van der Waals surface area contributed by atoms with Gasteiger partial charge in [0, 0.05) is 0 Å². The van der Waals surface area contributed by atoms with Crippen molar-refractivity contribution in [3.63, 3.8) is 0 Å². The van der Waals surface area contributed by atoms with Gasteiger partial charge in [-0.25, -0.2) is 0 Å². The molecule has 0 spiro atoms. The van der Waals surface area contributed by atoms with Crippen molar-refractivity contribution in [2.75, 3.05) is 0 Å². The molecule has 0 aliphatic heterocycles. The Morgan fingerprint density at radius 1 is 0.500 bits per heavy atom. The van der Waals surface area contributed by atoms with Crippen molar-refractivity contribution in [3.05, 3.63) is 71.8 Å². The summed E-state index contributed by atoms with van der Waals surface area (Å²) in [6.45, 7) is 26.0. The van der Waals surface area contributed by atoms with E-state index in [2.05, 4.69) is 173 Å². The summed E-state index contributed by atoms with van der Waals surface area (Å²) < 4.78 is 4.49. The SMILES string of the molecule is CC(C)(C)N=C(c1ccccc1)[N]([Ge])C(C)(C)C.CC(C)(C)N=C(c1ccccc1)[N]([Ge])C(C)(C)C. The first-order chi connectivity index (χ1) is 16.2. The van der Waals surface area contributed by atoms with Gasteiger partial charge in [0.2, 0.25) is 0 Å². The first kappa shape index (κ1) is 32.5. The molecule has 0 saturated carbocycles. The fraction of sp³-hybridized carbons (Fsp3) is 0.533. The summed E-state index contributed by atoms with van der Waals surface area (Å²) in [6.07, 6.45) is 0. The van der Waals surface area contributed by atoms with E-state index in [0.29, 0.717) is 0 Å². The molecule has 0 fully saturated rings. The minimum absolute atomic E-state index is 0.0555. The van der Waals surface area contributed by atoms with Crippen LogP contribution in [-0.2, 0) is 0 Å². The molecule has 0 aromatic heterocycles. The molecule has 0 aliphatic carbocycles.